The Balaban J connectivity index is 1.48. The van der Waals surface area contributed by atoms with E-state index in [0.717, 1.165) is 46.6 Å². The molecule has 172 valence electrons. The fourth-order valence-corrected chi connectivity index (χ4v) is 4.69. The average Bonchev–Trinajstić information content (AvgIpc) is 2.88. The molecule has 0 N–H and O–H groups in total. The highest BCUT2D eigenvalue weighted by atomic mass is 16.5. The monoisotopic (exact) mass is 451 g/mol. The van der Waals surface area contributed by atoms with Gasteiger partial charge in [0.05, 0.1) is 23.9 Å². The number of nitrogens with zero attached hydrogens (tertiary/aromatic N) is 3. The number of amides is 1. The summed E-state index contributed by atoms with van der Waals surface area (Å²) in [5, 5.41) is 0.901. The highest BCUT2D eigenvalue weighted by molar-refractivity contribution is 6.07. The third kappa shape index (κ3) is 4.21. The lowest BCUT2D eigenvalue weighted by Crippen LogP contribution is -2.49. The standard InChI is InChI=1S/C29H29N3O2/c1-20-11-12-26-24(17-20)25(19-27(30-26)22-8-6-9-23(18-22)34-3)29(33)32-15-13-31(14-16-32)28-10-5-4-7-21(28)2/h4-12,17-19H,13-16H2,1-3H3. The Bertz CT molecular complexity index is 1360. The molecule has 0 spiro atoms. The molecule has 1 aliphatic rings. The van der Waals surface area contributed by atoms with Crippen molar-refractivity contribution in [2.45, 2.75) is 13.8 Å². The largest absolute Gasteiger partial charge is 0.497 e. The van der Waals surface area contributed by atoms with Crippen molar-refractivity contribution >= 4 is 22.5 Å². The second-order valence-electron chi connectivity index (χ2n) is 8.87. The topological polar surface area (TPSA) is 45.7 Å². The van der Waals surface area contributed by atoms with Gasteiger partial charge >= 0.3 is 0 Å². The van der Waals surface area contributed by atoms with Crippen molar-refractivity contribution in [3.8, 4) is 17.0 Å². The Hall–Kier alpha value is -3.86. The molecule has 0 aliphatic carbocycles. The van der Waals surface area contributed by atoms with Gasteiger partial charge < -0.3 is 14.5 Å². The van der Waals surface area contributed by atoms with E-state index < -0.39 is 0 Å². The van der Waals surface area contributed by atoms with Crippen LogP contribution in [0.15, 0.2) is 72.8 Å². The molecule has 1 saturated heterocycles. The van der Waals surface area contributed by atoms with Crippen LogP contribution in [0.25, 0.3) is 22.2 Å². The maximum atomic E-state index is 13.8. The molecule has 5 nitrogen and oxygen atoms in total. The van der Waals surface area contributed by atoms with Crippen LogP contribution in [0, 0.1) is 13.8 Å². The molecule has 0 saturated carbocycles. The summed E-state index contributed by atoms with van der Waals surface area (Å²) in [5.74, 6) is 0.829. The van der Waals surface area contributed by atoms with E-state index in [-0.39, 0.29) is 5.91 Å². The van der Waals surface area contributed by atoms with Gasteiger partial charge in [-0.05, 0) is 55.8 Å². The van der Waals surface area contributed by atoms with E-state index in [4.69, 9.17) is 9.72 Å². The van der Waals surface area contributed by atoms with E-state index >= 15 is 0 Å². The number of methoxy groups -OCH3 is 1. The number of carbonyl (C=O) groups is 1. The molecule has 0 unspecified atom stereocenters. The summed E-state index contributed by atoms with van der Waals surface area (Å²) in [4.78, 5) is 23.0. The van der Waals surface area contributed by atoms with Crippen molar-refractivity contribution in [2.75, 3.05) is 38.2 Å². The minimum atomic E-state index is 0.0616. The number of aryl methyl sites for hydroxylation is 2. The molecule has 1 fully saturated rings. The summed E-state index contributed by atoms with van der Waals surface area (Å²) in [6.07, 6.45) is 0. The van der Waals surface area contributed by atoms with E-state index in [2.05, 4.69) is 42.2 Å². The van der Waals surface area contributed by atoms with Gasteiger partial charge in [0.2, 0.25) is 0 Å². The molecule has 1 aromatic heterocycles. The highest BCUT2D eigenvalue weighted by Crippen LogP contribution is 2.29. The number of carbonyl (C=O) groups excluding carboxylic acids is 1. The zero-order valence-corrected chi connectivity index (χ0v) is 19.9. The fourth-order valence-electron chi connectivity index (χ4n) is 4.69. The number of ether oxygens (including phenoxy) is 1. The Labute approximate surface area is 200 Å². The molecule has 5 rings (SSSR count). The van der Waals surface area contributed by atoms with Crippen molar-refractivity contribution in [3.63, 3.8) is 0 Å². The molecular formula is C29H29N3O2. The van der Waals surface area contributed by atoms with E-state index in [0.29, 0.717) is 18.7 Å². The zero-order valence-electron chi connectivity index (χ0n) is 19.9. The Kier molecular flexibility index (Phi) is 5.93. The van der Waals surface area contributed by atoms with Gasteiger partial charge in [0.1, 0.15) is 5.75 Å². The van der Waals surface area contributed by atoms with Crippen LogP contribution >= 0.6 is 0 Å². The lowest BCUT2D eigenvalue weighted by Gasteiger charge is -2.37. The van der Waals surface area contributed by atoms with Gasteiger partial charge in [0.25, 0.3) is 5.91 Å². The van der Waals surface area contributed by atoms with Gasteiger partial charge in [0.15, 0.2) is 0 Å². The van der Waals surface area contributed by atoms with Crippen LogP contribution in [0.5, 0.6) is 5.75 Å². The van der Waals surface area contributed by atoms with Crippen LogP contribution in [0.1, 0.15) is 21.5 Å². The van der Waals surface area contributed by atoms with Gasteiger partial charge in [-0.3, -0.25) is 4.79 Å². The summed E-state index contributed by atoms with van der Waals surface area (Å²) < 4.78 is 5.40. The molecule has 4 aromatic rings. The minimum absolute atomic E-state index is 0.0616. The third-order valence-corrected chi connectivity index (χ3v) is 6.58. The smallest absolute Gasteiger partial charge is 0.254 e. The minimum Gasteiger partial charge on any atom is -0.497 e. The van der Waals surface area contributed by atoms with Crippen molar-refractivity contribution in [3.05, 3.63) is 89.5 Å². The molecule has 3 aromatic carbocycles. The first-order chi connectivity index (χ1) is 16.5. The van der Waals surface area contributed by atoms with Crippen LogP contribution in [0.4, 0.5) is 5.69 Å². The van der Waals surface area contributed by atoms with Crippen molar-refractivity contribution in [2.24, 2.45) is 0 Å². The van der Waals surface area contributed by atoms with Crippen LogP contribution in [-0.4, -0.2) is 49.1 Å². The lowest BCUT2D eigenvalue weighted by molar-refractivity contribution is 0.0748. The SMILES string of the molecule is COc1cccc(-c2cc(C(=O)N3CCN(c4ccccc4C)CC3)c3cc(C)ccc3n2)c1. The molecule has 0 bridgehead atoms. The molecule has 0 radical (unpaired) electrons. The summed E-state index contributed by atoms with van der Waals surface area (Å²) in [7, 11) is 1.65. The predicted molar refractivity (Wildman–Crippen MR) is 138 cm³/mol. The number of fused-ring (bicyclic) bond motifs is 1. The molecule has 2 heterocycles. The molecule has 1 aliphatic heterocycles. The van der Waals surface area contributed by atoms with E-state index in [1.54, 1.807) is 7.11 Å². The Morgan fingerprint density at radius 2 is 1.68 bits per heavy atom. The number of hydrogen-bond acceptors (Lipinski definition) is 4. The average molecular weight is 452 g/mol. The summed E-state index contributed by atoms with van der Waals surface area (Å²) >= 11 is 0. The number of hydrogen-bond donors (Lipinski definition) is 0. The maximum absolute atomic E-state index is 13.8. The van der Waals surface area contributed by atoms with E-state index in [1.807, 2.05) is 54.3 Å². The van der Waals surface area contributed by atoms with Crippen molar-refractivity contribution < 1.29 is 9.53 Å². The first-order valence-corrected chi connectivity index (χ1v) is 11.7. The molecule has 1 amide bonds. The Morgan fingerprint density at radius 3 is 2.44 bits per heavy atom. The third-order valence-electron chi connectivity index (χ3n) is 6.58. The number of anilines is 1. The fraction of sp³-hybridized carbons (Fsp3) is 0.241. The van der Waals surface area contributed by atoms with Crippen LogP contribution in [0.3, 0.4) is 0 Å². The van der Waals surface area contributed by atoms with Crippen molar-refractivity contribution in [1.82, 2.24) is 9.88 Å². The molecule has 5 heteroatoms. The maximum Gasteiger partial charge on any atom is 0.254 e. The van der Waals surface area contributed by atoms with Gasteiger partial charge in [-0.1, -0.05) is 42.0 Å². The first-order valence-electron chi connectivity index (χ1n) is 11.7. The quantitative estimate of drug-likeness (QED) is 0.412. The van der Waals surface area contributed by atoms with Gasteiger partial charge in [-0.25, -0.2) is 4.98 Å². The Morgan fingerprint density at radius 1 is 0.882 bits per heavy atom. The molecular weight excluding hydrogens is 422 g/mol. The number of aromatic nitrogens is 1. The second kappa shape index (κ2) is 9.18. The zero-order chi connectivity index (χ0) is 23.7. The summed E-state index contributed by atoms with van der Waals surface area (Å²) in [6, 6.07) is 24.3. The van der Waals surface area contributed by atoms with Crippen molar-refractivity contribution in [1.29, 1.82) is 0 Å². The number of pyridine rings is 1. The number of para-hydroxylation sites is 1. The number of rotatable bonds is 4. The lowest BCUT2D eigenvalue weighted by atomic mass is 10.0. The summed E-state index contributed by atoms with van der Waals surface area (Å²) in [5.41, 5.74) is 6.86. The van der Waals surface area contributed by atoms with Crippen LogP contribution in [-0.2, 0) is 0 Å². The van der Waals surface area contributed by atoms with E-state index in [1.165, 1.54) is 11.3 Å². The number of benzene rings is 3. The van der Waals surface area contributed by atoms with Gasteiger partial charge in [-0.2, -0.15) is 0 Å². The number of piperazine rings is 1. The first kappa shape index (κ1) is 22.0. The van der Waals surface area contributed by atoms with Gasteiger partial charge in [0, 0.05) is 42.8 Å². The van der Waals surface area contributed by atoms with Crippen LogP contribution in [0.2, 0.25) is 0 Å². The van der Waals surface area contributed by atoms with Gasteiger partial charge in [-0.15, -0.1) is 0 Å². The highest BCUT2D eigenvalue weighted by Gasteiger charge is 2.25. The predicted octanol–water partition coefficient (Wildman–Crippen LogP) is 5.49. The normalized spacial score (nSPS) is 13.9. The van der Waals surface area contributed by atoms with E-state index in [9.17, 15) is 4.79 Å². The summed E-state index contributed by atoms with van der Waals surface area (Å²) in [6.45, 7) is 7.21. The van der Waals surface area contributed by atoms with Crippen LogP contribution < -0.4 is 9.64 Å². The molecule has 34 heavy (non-hydrogen) atoms. The second-order valence-corrected chi connectivity index (χ2v) is 8.87. The molecule has 0 atom stereocenters.